The van der Waals surface area contributed by atoms with E-state index in [1.54, 1.807) is 6.07 Å². The predicted molar refractivity (Wildman–Crippen MR) is 117 cm³/mol. The Kier molecular flexibility index (Phi) is 6.10. The highest BCUT2D eigenvalue weighted by molar-refractivity contribution is 5.93. The standard InChI is InChI=1S/C23H25F3N4O2/c1-29-20-12-18(7-8-19(20)28-22(29)30-11-10-16(13-30)14-31)27-21(32)9-4-15-2-5-17(6-3-15)23(24,25)26/h2-3,5-8,12,16,31H,4,9-11,13-14H2,1H3,(H,27,32). The van der Waals surface area contributed by atoms with Crippen LogP contribution in [-0.4, -0.2) is 40.3 Å². The maximum atomic E-state index is 12.7. The molecule has 1 aliphatic heterocycles. The SMILES string of the molecule is Cn1c(N2CCC(CO)C2)nc2ccc(NC(=O)CCc3ccc(C(F)(F)F)cc3)cc21. The van der Waals surface area contributed by atoms with E-state index in [1.807, 2.05) is 23.7 Å². The molecule has 1 aromatic heterocycles. The fraction of sp³-hybridized carbons (Fsp3) is 0.391. The van der Waals surface area contributed by atoms with E-state index in [0.29, 0.717) is 17.7 Å². The summed E-state index contributed by atoms with van der Waals surface area (Å²) in [7, 11) is 1.92. The molecule has 1 fully saturated rings. The number of aryl methyl sites for hydroxylation is 2. The number of nitrogens with zero attached hydrogens (tertiary/aromatic N) is 3. The first-order valence-corrected chi connectivity index (χ1v) is 10.5. The van der Waals surface area contributed by atoms with Crippen molar-refractivity contribution in [2.45, 2.75) is 25.4 Å². The zero-order valence-corrected chi connectivity index (χ0v) is 17.7. The van der Waals surface area contributed by atoms with Gasteiger partial charge in [0.2, 0.25) is 11.9 Å². The number of alkyl halides is 3. The number of amides is 1. The van der Waals surface area contributed by atoms with E-state index in [9.17, 15) is 23.1 Å². The van der Waals surface area contributed by atoms with Crippen LogP contribution < -0.4 is 10.2 Å². The molecule has 2 heterocycles. The van der Waals surface area contributed by atoms with E-state index in [0.717, 1.165) is 48.6 Å². The quantitative estimate of drug-likeness (QED) is 0.601. The lowest BCUT2D eigenvalue weighted by atomic mass is 10.1. The normalized spacial score (nSPS) is 16.7. The van der Waals surface area contributed by atoms with Gasteiger partial charge in [-0.15, -0.1) is 0 Å². The monoisotopic (exact) mass is 446 g/mol. The van der Waals surface area contributed by atoms with Crippen LogP contribution in [-0.2, 0) is 24.4 Å². The fourth-order valence-corrected chi connectivity index (χ4v) is 4.04. The molecule has 2 N–H and O–H groups in total. The minimum absolute atomic E-state index is 0.163. The highest BCUT2D eigenvalue weighted by Crippen LogP contribution is 2.30. The van der Waals surface area contributed by atoms with Gasteiger partial charge in [-0.25, -0.2) is 4.98 Å². The number of anilines is 2. The molecular weight excluding hydrogens is 421 g/mol. The lowest BCUT2D eigenvalue weighted by molar-refractivity contribution is -0.137. The first kappa shape index (κ1) is 22.1. The lowest BCUT2D eigenvalue weighted by Crippen LogP contribution is -2.23. The maximum Gasteiger partial charge on any atom is 0.416 e. The third-order valence-corrected chi connectivity index (χ3v) is 5.89. The van der Waals surface area contributed by atoms with Gasteiger partial charge in [0.15, 0.2) is 0 Å². The Morgan fingerprint density at radius 3 is 2.62 bits per heavy atom. The zero-order valence-electron chi connectivity index (χ0n) is 17.7. The summed E-state index contributed by atoms with van der Waals surface area (Å²) in [5, 5.41) is 12.2. The average molecular weight is 446 g/mol. The van der Waals surface area contributed by atoms with Crippen LogP contribution in [0.2, 0.25) is 0 Å². The van der Waals surface area contributed by atoms with Crippen LogP contribution in [0.4, 0.5) is 24.8 Å². The van der Waals surface area contributed by atoms with Crippen LogP contribution in [0.25, 0.3) is 11.0 Å². The second-order valence-corrected chi connectivity index (χ2v) is 8.20. The summed E-state index contributed by atoms with van der Waals surface area (Å²) in [6, 6.07) is 10.4. The molecule has 2 aromatic carbocycles. The highest BCUT2D eigenvalue weighted by atomic mass is 19.4. The fourth-order valence-electron chi connectivity index (χ4n) is 4.04. The molecule has 0 radical (unpaired) electrons. The lowest BCUT2D eigenvalue weighted by Gasteiger charge is -2.17. The molecule has 1 aliphatic rings. The molecule has 4 rings (SSSR count). The Morgan fingerprint density at radius 2 is 1.97 bits per heavy atom. The molecule has 1 saturated heterocycles. The van der Waals surface area contributed by atoms with Crippen molar-refractivity contribution in [2.24, 2.45) is 13.0 Å². The molecule has 6 nitrogen and oxygen atoms in total. The second kappa shape index (κ2) is 8.82. The minimum Gasteiger partial charge on any atom is -0.396 e. The predicted octanol–water partition coefficient (Wildman–Crippen LogP) is 3.98. The molecule has 170 valence electrons. The van der Waals surface area contributed by atoms with E-state index >= 15 is 0 Å². The van der Waals surface area contributed by atoms with Crippen LogP contribution in [0.3, 0.4) is 0 Å². The van der Waals surface area contributed by atoms with Gasteiger partial charge in [-0.05, 0) is 48.7 Å². The minimum atomic E-state index is -4.37. The number of aromatic nitrogens is 2. The molecule has 0 aliphatic carbocycles. The topological polar surface area (TPSA) is 70.4 Å². The van der Waals surface area contributed by atoms with Crippen molar-refractivity contribution in [2.75, 3.05) is 29.9 Å². The molecular formula is C23H25F3N4O2. The number of hydrogen-bond acceptors (Lipinski definition) is 4. The van der Waals surface area contributed by atoms with Crippen LogP contribution >= 0.6 is 0 Å². The molecule has 32 heavy (non-hydrogen) atoms. The smallest absolute Gasteiger partial charge is 0.396 e. The van der Waals surface area contributed by atoms with E-state index in [2.05, 4.69) is 10.2 Å². The van der Waals surface area contributed by atoms with Gasteiger partial charge in [-0.1, -0.05) is 12.1 Å². The van der Waals surface area contributed by atoms with Gasteiger partial charge in [0, 0.05) is 44.8 Å². The molecule has 1 atom stereocenters. The van der Waals surface area contributed by atoms with Crippen molar-refractivity contribution in [3.05, 3.63) is 53.6 Å². The van der Waals surface area contributed by atoms with Crippen molar-refractivity contribution in [1.29, 1.82) is 0 Å². The summed E-state index contributed by atoms with van der Waals surface area (Å²) < 4.78 is 39.9. The van der Waals surface area contributed by atoms with Crippen molar-refractivity contribution in [3.63, 3.8) is 0 Å². The number of carbonyl (C=O) groups is 1. The van der Waals surface area contributed by atoms with Gasteiger partial charge < -0.3 is 19.9 Å². The first-order chi connectivity index (χ1) is 15.2. The Bertz CT molecular complexity index is 1110. The number of hydrogen-bond donors (Lipinski definition) is 2. The largest absolute Gasteiger partial charge is 0.416 e. The number of aliphatic hydroxyl groups excluding tert-OH is 1. The number of rotatable bonds is 6. The Balaban J connectivity index is 1.39. The molecule has 3 aromatic rings. The number of halogens is 3. The van der Waals surface area contributed by atoms with Gasteiger partial charge in [-0.2, -0.15) is 13.2 Å². The third kappa shape index (κ3) is 4.72. The number of fused-ring (bicyclic) bond motifs is 1. The van der Waals surface area contributed by atoms with Gasteiger partial charge >= 0.3 is 6.18 Å². The summed E-state index contributed by atoms with van der Waals surface area (Å²) in [5.41, 5.74) is 2.31. The summed E-state index contributed by atoms with van der Waals surface area (Å²) in [6.07, 6.45) is -2.92. The Morgan fingerprint density at radius 1 is 1.22 bits per heavy atom. The van der Waals surface area contributed by atoms with Gasteiger partial charge in [0.05, 0.1) is 16.6 Å². The molecule has 9 heteroatoms. The molecule has 0 spiro atoms. The zero-order chi connectivity index (χ0) is 22.9. The van der Waals surface area contributed by atoms with Crippen LogP contribution in [0.5, 0.6) is 0 Å². The molecule has 1 unspecified atom stereocenters. The summed E-state index contributed by atoms with van der Waals surface area (Å²) in [5.74, 6) is 0.882. The van der Waals surface area contributed by atoms with E-state index in [1.165, 1.54) is 12.1 Å². The summed E-state index contributed by atoms with van der Waals surface area (Å²) in [4.78, 5) is 19.2. The van der Waals surface area contributed by atoms with Gasteiger partial charge in [-0.3, -0.25) is 4.79 Å². The number of carbonyl (C=O) groups excluding carboxylic acids is 1. The van der Waals surface area contributed by atoms with Gasteiger partial charge in [0.25, 0.3) is 0 Å². The molecule has 0 bridgehead atoms. The number of benzene rings is 2. The first-order valence-electron chi connectivity index (χ1n) is 10.5. The van der Waals surface area contributed by atoms with Crippen LogP contribution in [0.15, 0.2) is 42.5 Å². The van der Waals surface area contributed by atoms with Gasteiger partial charge in [0.1, 0.15) is 0 Å². The van der Waals surface area contributed by atoms with Crippen molar-refractivity contribution in [3.8, 4) is 0 Å². The molecule has 0 saturated carbocycles. The van der Waals surface area contributed by atoms with E-state index in [-0.39, 0.29) is 24.9 Å². The van der Waals surface area contributed by atoms with Crippen LogP contribution in [0.1, 0.15) is 24.0 Å². The van der Waals surface area contributed by atoms with Crippen molar-refractivity contribution in [1.82, 2.24) is 9.55 Å². The van der Waals surface area contributed by atoms with E-state index in [4.69, 9.17) is 4.98 Å². The number of imidazole rings is 1. The Labute approximate surface area is 183 Å². The van der Waals surface area contributed by atoms with Crippen LogP contribution in [0, 0.1) is 5.92 Å². The van der Waals surface area contributed by atoms with Crippen molar-refractivity contribution < 1.29 is 23.1 Å². The summed E-state index contributed by atoms with van der Waals surface area (Å²) >= 11 is 0. The van der Waals surface area contributed by atoms with E-state index < -0.39 is 11.7 Å². The third-order valence-electron chi connectivity index (χ3n) is 5.89. The maximum absolute atomic E-state index is 12.7. The molecule has 1 amide bonds. The highest BCUT2D eigenvalue weighted by Gasteiger charge is 2.30. The summed E-state index contributed by atoms with van der Waals surface area (Å²) in [6.45, 7) is 1.78. The second-order valence-electron chi connectivity index (χ2n) is 8.20. The average Bonchev–Trinajstić information content (AvgIpc) is 3.36. The Hall–Kier alpha value is -3.07. The number of aliphatic hydroxyl groups is 1. The number of nitrogens with one attached hydrogen (secondary N) is 1. The van der Waals surface area contributed by atoms with Crippen molar-refractivity contribution >= 4 is 28.6 Å².